The molecule has 0 N–H and O–H groups in total. The summed E-state index contributed by atoms with van der Waals surface area (Å²) in [5, 5.41) is 1.04. The highest BCUT2D eigenvalue weighted by Crippen LogP contribution is 2.21. The second-order valence-electron chi connectivity index (χ2n) is 3.05. The Morgan fingerprint density at radius 3 is 1.77 bits per heavy atom. The van der Waals surface area contributed by atoms with E-state index in [0.717, 1.165) is 30.8 Å². The highest BCUT2D eigenvalue weighted by molar-refractivity contribution is 7.85. The maximum Gasteiger partial charge on any atom is 0.0144 e. The molecule has 0 aromatic heterocycles. The first-order valence-electron chi connectivity index (χ1n) is 4.37. The van der Waals surface area contributed by atoms with Crippen LogP contribution in [-0.4, -0.2) is 27.3 Å². The molecule has 0 rings (SSSR count). The van der Waals surface area contributed by atoms with Crippen molar-refractivity contribution >= 4 is 63.1 Å². The summed E-state index contributed by atoms with van der Waals surface area (Å²) >= 11 is 21.8. The lowest BCUT2D eigenvalue weighted by Gasteiger charge is -2.20. The zero-order valence-electron chi connectivity index (χ0n) is 7.50. The Morgan fingerprint density at radius 1 is 0.769 bits per heavy atom. The number of thiol groups is 5. The smallest absolute Gasteiger partial charge is 0.0144 e. The van der Waals surface area contributed by atoms with Gasteiger partial charge >= 0.3 is 0 Å². The van der Waals surface area contributed by atoms with Crippen LogP contribution in [0.2, 0.25) is 0 Å². The van der Waals surface area contributed by atoms with E-state index in [4.69, 9.17) is 0 Å². The van der Waals surface area contributed by atoms with E-state index >= 15 is 0 Å². The van der Waals surface area contributed by atoms with Crippen molar-refractivity contribution in [2.75, 3.05) is 11.5 Å². The summed E-state index contributed by atoms with van der Waals surface area (Å²) in [4.78, 5) is 0. The second-order valence-corrected chi connectivity index (χ2v) is 6.00. The van der Waals surface area contributed by atoms with Crippen LogP contribution < -0.4 is 0 Å². The lowest BCUT2D eigenvalue weighted by molar-refractivity contribution is 0.675. The van der Waals surface area contributed by atoms with Crippen LogP contribution >= 0.6 is 63.1 Å². The molecule has 0 aliphatic heterocycles. The van der Waals surface area contributed by atoms with Crippen LogP contribution in [-0.2, 0) is 0 Å². The molecule has 0 saturated carbocycles. The van der Waals surface area contributed by atoms with Crippen molar-refractivity contribution in [1.29, 1.82) is 0 Å². The summed E-state index contributed by atoms with van der Waals surface area (Å²) in [7, 11) is 0. The van der Waals surface area contributed by atoms with Gasteiger partial charge in [0.1, 0.15) is 0 Å². The maximum absolute atomic E-state index is 4.51. The molecule has 0 bridgehead atoms. The Hall–Kier alpha value is 1.75. The summed E-state index contributed by atoms with van der Waals surface area (Å²) < 4.78 is 0. The average molecular weight is 275 g/mol. The van der Waals surface area contributed by atoms with Gasteiger partial charge in [0.15, 0.2) is 0 Å². The van der Waals surface area contributed by atoms with Crippen LogP contribution in [0.5, 0.6) is 0 Å². The first kappa shape index (κ1) is 14.8. The summed E-state index contributed by atoms with van der Waals surface area (Å²) in [6.45, 7) is 0. The minimum absolute atomic E-state index is 0.317. The molecule has 0 radical (unpaired) electrons. The highest BCUT2D eigenvalue weighted by Gasteiger charge is 2.16. The first-order valence-corrected chi connectivity index (χ1v) is 7.19. The molecule has 0 aromatic rings. The number of rotatable bonds is 7. The molecule has 0 amide bonds. The molecule has 0 aliphatic carbocycles. The fourth-order valence-corrected chi connectivity index (χ4v) is 3.20. The van der Waals surface area contributed by atoms with E-state index in [1.165, 1.54) is 0 Å². The van der Waals surface area contributed by atoms with E-state index in [1.807, 2.05) is 0 Å². The molecule has 0 heterocycles. The molecule has 0 spiro atoms. The van der Waals surface area contributed by atoms with Gasteiger partial charge in [0.2, 0.25) is 0 Å². The third kappa shape index (κ3) is 7.65. The van der Waals surface area contributed by atoms with Crippen LogP contribution in [0.15, 0.2) is 0 Å². The van der Waals surface area contributed by atoms with Gasteiger partial charge in [0.05, 0.1) is 0 Å². The largest absolute Gasteiger partial charge is 0.179 e. The summed E-state index contributed by atoms with van der Waals surface area (Å²) in [6.07, 6.45) is 3.03. The van der Waals surface area contributed by atoms with E-state index < -0.39 is 0 Å². The first-order chi connectivity index (χ1) is 6.11. The molecule has 0 fully saturated rings. The van der Waals surface area contributed by atoms with Crippen molar-refractivity contribution in [2.24, 2.45) is 0 Å². The number of hydrogen-bond acceptors (Lipinski definition) is 5. The van der Waals surface area contributed by atoms with Gasteiger partial charge in [-0.1, -0.05) is 0 Å². The summed E-state index contributed by atoms with van der Waals surface area (Å²) in [6, 6.07) is 0. The minimum atomic E-state index is 0.317. The highest BCUT2D eigenvalue weighted by atomic mass is 32.1. The molecule has 0 saturated heterocycles. The summed E-state index contributed by atoms with van der Waals surface area (Å²) in [5.74, 6) is 1.76. The van der Waals surface area contributed by atoms with E-state index in [0.29, 0.717) is 15.7 Å². The van der Waals surface area contributed by atoms with Crippen molar-refractivity contribution in [1.82, 2.24) is 0 Å². The van der Waals surface area contributed by atoms with Crippen molar-refractivity contribution in [2.45, 2.75) is 35.0 Å². The Kier molecular flexibility index (Phi) is 10.2. The van der Waals surface area contributed by atoms with Gasteiger partial charge in [-0.15, -0.1) is 0 Å². The third-order valence-electron chi connectivity index (χ3n) is 1.84. The molecule has 0 nitrogen and oxygen atoms in total. The molecule has 3 atom stereocenters. The van der Waals surface area contributed by atoms with Crippen LogP contribution in [0.25, 0.3) is 0 Å². The van der Waals surface area contributed by atoms with Gasteiger partial charge in [0, 0.05) is 15.7 Å². The molecule has 3 unspecified atom stereocenters. The van der Waals surface area contributed by atoms with Crippen molar-refractivity contribution < 1.29 is 0 Å². The number of hydrogen-bond donors (Lipinski definition) is 5. The van der Waals surface area contributed by atoms with Gasteiger partial charge in [-0.2, -0.15) is 63.1 Å². The SMILES string of the molecule is SCCC(S)CC(S)C(S)CCS. The van der Waals surface area contributed by atoms with Crippen molar-refractivity contribution in [3.63, 3.8) is 0 Å². The molecule has 13 heavy (non-hydrogen) atoms. The van der Waals surface area contributed by atoms with Gasteiger partial charge < -0.3 is 0 Å². The Morgan fingerprint density at radius 2 is 1.31 bits per heavy atom. The van der Waals surface area contributed by atoms with Crippen LogP contribution in [0, 0.1) is 0 Å². The van der Waals surface area contributed by atoms with Crippen molar-refractivity contribution in [3.05, 3.63) is 0 Å². The fourth-order valence-electron chi connectivity index (χ4n) is 1.03. The van der Waals surface area contributed by atoms with Crippen LogP contribution in [0.4, 0.5) is 0 Å². The maximum atomic E-state index is 4.51. The zero-order chi connectivity index (χ0) is 10.3. The van der Waals surface area contributed by atoms with E-state index in [9.17, 15) is 0 Å². The predicted octanol–water partition coefficient (Wildman–Crippen LogP) is 2.91. The van der Waals surface area contributed by atoms with Crippen LogP contribution in [0.1, 0.15) is 19.3 Å². The normalized spacial score (nSPS) is 18.2. The van der Waals surface area contributed by atoms with E-state index in [2.05, 4.69) is 63.1 Å². The van der Waals surface area contributed by atoms with Gasteiger partial charge in [-0.25, -0.2) is 0 Å². The van der Waals surface area contributed by atoms with Crippen LogP contribution in [0.3, 0.4) is 0 Å². The average Bonchev–Trinajstić information content (AvgIpc) is 2.05. The lowest BCUT2D eigenvalue weighted by Crippen LogP contribution is -2.20. The molecular weight excluding hydrogens is 256 g/mol. The monoisotopic (exact) mass is 274 g/mol. The van der Waals surface area contributed by atoms with E-state index in [1.54, 1.807) is 0 Å². The molecule has 80 valence electrons. The Labute approximate surface area is 109 Å². The Bertz CT molecular complexity index is 119. The lowest BCUT2D eigenvalue weighted by atomic mass is 10.1. The van der Waals surface area contributed by atoms with Crippen molar-refractivity contribution in [3.8, 4) is 0 Å². The summed E-state index contributed by atoms with van der Waals surface area (Å²) in [5.41, 5.74) is 0. The second kappa shape index (κ2) is 9.01. The quantitative estimate of drug-likeness (QED) is 0.433. The van der Waals surface area contributed by atoms with Gasteiger partial charge in [-0.05, 0) is 30.8 Å². The molecular formula is C8H18S5. The Balaban J connectivity index is 3.64. The van der Waals surface area contributed by atoms with Gasteiger partial charge in [0.25, 0.3) is 0 Å². The van der Waals surface area contributed by atoms with E-state index in [-0.39, 0.29) is 0 Å². The third-order valence-corrected chi connectivity index (χ3v) is 4.25. The topological polar surface area (TPSA) is 0 Å². The zero-order valence-corrected chi connectivity index (χ0v) is 12.0. The van der Waals surface area contributed by atoms with Gasteiger partial charge in [-0.3, -0.25) is 0 Å². The standard InChI is InChI=1S/C8H18S5/c9-3-1-6(11)5-8(13)7(12)2-4-10/h6-13H,1-5H2. The predicted molar refractivity (Wildman–Crippen MR) is 79.9 cm³/mol. The molecule has 0 aromatic carbocycles. The minimum Gasteiger partial charge on any atom is -0.179 e. The molecule has 0 aliphatic rings. The molecule has 5 heteroatoms. The fraction of sp³-hybridized carbons (Fsp3) is 1.00.